The lowest BCUT2D eigenvalue weighted by Gasteiger charge is -2.32. The van der Waals surface area contributed by atoms with Gasteiger partial charge in [0.25, 0.3) is 0 Å². The molecule has 1 aliphatic carbocycles. The van der Waals surface area contributed by atoms with Gasteiger partial charge in [-0.3, -0.25) is 9.59 Å². The van der Waals surface area contributed by atoms with Crippen molar-refractivity contribution in [2.45, 2.75) is 57.2 Å². The van der Waals surface area contributed by atoms with Crippen LogP contribution in [0, 0.1) is 5.82 Å². The number of hydrogen-bond acceptors (Lipinski definition) is 3. The number of ether oxygens (including phenoxy) is 1. The Bertz CT molecular complexity index is 881. The highest BCUT2D eigenvalue weighted by molar-refractivity contribution is 6.27. The van der Waals surface area contributed by atoms with Gasteiger partial charge in [-0.25, -0.2) is 4.39 Å². The lowest BCUT2D eigenvalue weighted by Crippen LogP contribution is -2.46. The minimum Gasteiger partial charge on any atom is -0.497 e. The molecule has 0 saturated heterocycles. The number of amides is 2. The highest BCUT2D eigenvalue weighted by Crippen LogP contribution is 2.27. The third kappa shape index (κ3) is 6.45. The highest BCUT2D eigenvalue weighted by Gasteiger charge is 2.32. The normalized spacial score (nSPS) is 15.5. The van der Waals surface area contributed by atoms with Crippen LogP contribution in [0.15, 0.2) is 48.5 Å². The number of rotatable bonds is 8. The van der Waals surface area contributed by atoms with Crippen LogP contribution in [0.4, 0.5) is 4.39 Å². The van der Waals surface area contributed by atoms with Crippen molar-refractivity contribution in [3.63, 3.8) is 0 Å². The Labute approximate surface area is 193 Å². The van der Waals surface area contributed by atoms with Crippen molar-refractivity contribution in [3.8, 4) is 5.75 Å². The van der Waals surface area contributed by atoms with E-state index in [-0.39, 0.29) is 30.3 Å². The van der Waals surface area contributed by atoms with Gasteiger partial charge in [-0.2, -0.15) is 0 Å². The molecule has 1 saturated carbocycles. The monoisotopic (exact) mass is 460 g/mol. The molecule has 2 amide bonds. The van der Waals surface area contributed by atoms with Crippen LogP contribution < -0.4 is 10.1 Å². The maximum Gasteiger partial charge on any atom is 0.247 e. The predicted octanol–water partition coefficient (Wildman–Crippen LogP) is 4.98. The number of hydrogen-bond donors (Lipinski definition) is 1. The first-order chi connectivity index (χ1) is 15.5. The van der Waals surface area contributed by atoms with Crippen LogP contribution in [0.1, 0.15) is 55.7 Å². The molecule has 2 aromatic carbocycles. The fourth-order valence-electron chi connectivity index (χ4n) is 4.15. The number of nitrogens with one attached hydrogen (secondary N) is 1. The van der Waals surface area contributed by atoms with Gasteiger partial charge in [-0.05, 0) is 48.2 Å². The number of benzene rings is 2. The number of alkyl halides is 1. The van der Waals surface area contributed by atoms with Crippen LogP contribution in [-0.2, 0) is 16.1 Å². The summed E-state index contributed by atoms with van der Waals surface area (Å²) in [6.45, 7) is 0.190. The van der Waals surface area contributed by atoms with Crippen LogP contribution in [-0.4, -0.2) is 35.7 Å². The van der Waals surface area contributed by atoms with E-state index in [1.807, 2.05) is 12.1 Å². The van der Waals surface area contributed by atoms with Gasteiger partial charge in [0.05, 0.1) is 7.11 Å². The average Bonchev–Trinajstić information content (AvgIpc) is 3.08. The third-order valence-electron chi connectivity index (χ3n) is 5.89. The predicted molar refractivity (Wildman–Crippen MR) is 123 cm³/mol. The minimum absolute atomic E-state index is 0.0712. The third-order valence-corrected chi connectivity index (χ3v) is 6.12. The molecule has 5 nitrogen and oxygen atoms in total. The summed E-state index contributed by atoms with van der Waals surface area (Å²) in [5, 5.41) is 3.15. The van der Waals surface area contributed by atoms with Gasteiger partial charge in [0.15, 0.2) is 0 Å². The molecule has 1 N–H and O–H groups in total. The molecule has 0 spiro atoms. The lowest BCUT2D eigenvalue weighted by atomic mass is 10.0. The second-order valence-corrected chi connectivity index (χ2v) is 8.42. The van der Waals surface area contributed by atoms with Crippen molar-refractivity contribution in [1.29, 1.82) is 0 Å². The quantitative estimate of drug-likeness (QED) is 0.446. The minimum atomic E-state index is -0.910. The molecular weight excluding hydrogens is 431 g/mol. The standard InChI is InChI=1S/C25H30ClFN2O3/c1-32-22-14-8-18(9-15-22)17-29(23(30)16-26)24(19-10-12-20(27)13-11-19)25(31)28-21-6-4-2-3-5-7-21/h8-15,21,24H,2-7,16-17H2,1H3,(H,28,31)/t24-/m1/s1. The molecule has 32 heavy (non-hydrogen) atoms. The summed E-state index contributed by atoms with van der Waals surface area (Å²) in [6.07, 6.45) is 6.32. The first-order valence-electron chi connectivity index (χ1n) is 11.1. The Morgan fingerprint density at radius 1 is 1.06 bits per heavy atom. The Kier molecular flexibility index (Phi) is 8.91. The van der Waals surface area contributed by atoms with Crippen molar-refractivity contribution in [3.05, 3.63) is 65.5 Å². The summed E-state index contributed by atoms with van der Waals surface area (Å²) in [6, 6.07) is 12.2. The zero-order chi connectivity index (χ0) is 22.9. The molecule has 3 rings (SSSR count). The Morgan fingerprint density at radius 2 is 1.69 bits per heavy atom. The highest BCUT2D eigenvalue weighted by atomic mass is 35.5. The van der Waals surface area contributed by atoms with E-state index in [4.69, 9.17) is 16.3 Å². The van der Waals surface area contributed by atoms with E-state index in [1.165, 1.54) is 29.9 Å². The zero-order valence-corrected chi connectivity index (χ0v) is 19.1. The van der Waals surface area contributed by atoms with Gasteiger partial charge in [0.2, 0.25) is 11.8 Å². The Hall–Kier alpha value is -2.60. The molecule has 0 bridgehead atoms. The van der Waals surface area contributed by atoms with E-state index in [1.54, 1.807) is 31.4 Å². The first kappa shape index (κ1) is 24.1. The van der Waals surface area contributed by atoms with Gasteiger partial charge < -0.3 is 15.0 Å². The molecule has 1 atom stereocenters. The van der Waals surface area contributed by atoms with Crippen LogP contribution in [0.5, 0.6) is 5.75 Å². The molecule has 0 unspecified atom stereocenters. The second kappa shape index (κ2) is 11.9. The number of halogens is 2. The Morgan fingerprint density at radius 3 is 2.25 bits per heavy atom. The summed E-state index contributed by atoms with van der Waals surface area (Å²) < 4.78 is 18.8. The molecule has 1 aliphatic rings. The molecular formula is C25H30ClFN2O3. The van der Waals surface area contributed by atoms with Gasteiger partial charge in [-0.1, -0.05) is 49.9 Å². The number of carbonyl (C=O) groups is 2. The summed E-state index contributed by atoms with van der Waals surface area (Å²) in [4.78, 5) is 27.9. The summed E-state index contributed by atoms with van der Waals surface area (Å²) in [7, 11) is 1.58. The molecule has 0 aliphatic heterocycles. The van der Waals surface area contributed by atoms with Gasteiger partial charge in [-0.15, -0.1) is 11.6 Å². The van der Waals surface area contributed by atoms with E-state index in [0.29, 0.717) is 11.3 Å². The van der Waals surface area contributed by atoms with Crippen molar-refractivity contribution in [2.75, 3.05) is 13.0 Å². The van der Waals surface area contributed by atoms with Crippen LogP contribution in [0.2, 0.25) is 0 Å². The zero-order valence-electron chi connectivity index (χ0n) is 18.4. The van der Waals surface area contributed by atoms with E-state index in [9.17, 15) is 14.0 Å². The SMILES string of the molecule is COc1ccc(CN(C(=O)CCl)[C@@H](C(=O)NC2CCCCCC2)c2ccc(F)cc2)cc1. The fourth-order valence-corrected chi connectivity index (χ4v) is 4.30. The maximum absolute atomic E-state index is 13.6. The van der Waals surface area contributed by atoms with Crippen molar-refractivity contribution in [2.24, 2.45) is 0 Å². The molecule has 172 valence electrons. The number of methoxy groups -OCH3 is 1. The summed E-state index contributed by atoms with van der Waals surface area (Å²) in [5.74, 6) is -0.597. The van der Waals surface area contributed by atoms with Crippen molar-refractivity contribution in [1.82, 2.24) is 10.2 Å². The van der Waals surface area contributed by atoms with Gasteiger partial charge in [0.1, 0.15) is 23.5 Å². The molecule has 1 fully saturated rings. The molecule has 2 aromatic rings. The maximum atomic E-state index is 13.6. The van der Waals surface area contributed by atoms with E-state index < -0.39 is 11.9 Å². The first-order valence-corrected chi connectivity index (χ1v) is 11.6. The van der Waals surface area contributed by atoms with Gasteiger partial charge >= 0.3 is 0 Å². The molecule has 0 aromatic heterocycles. The topological polar surface area (TPSA) is 58.6 Å². The van der Waals surface area contributed by atoms with Crippen LogP contribution in [0.3, 0.4) is 0 Å². The van der Waals surface area contributed by atoms with Crippen molar-refractivity contribution < 1.29 is 18.7 Å². The molecule has 0 radical (unpaired) electrons. The second-order valence-electron chi connectivity index (χ2n) is 8.15. The number of nitrogens with zero attached hydrogens (tertiary/aromatic N) is 1. The fraction of sp³-hybridized carbons (Fsp3) is 0.440. The smallest absolute Gasteiger partial charge is 0.247 e. The average molecular weight is 461 g/mol. The number of carbonyl (C=O) groups excluding carboxylic acids is 2. The van der Waals surface area contributed by atoms with E-state index in [0.717, 1.165) is 31.2 Å². The Balaban J connectivity index is 1.91. The van der Waals surface area contributed by atoms with Gasteiger partial charge in [0, 0.05) is 12.6 Å². The summed E-state index contributed by atoms with van der Waals surface area (Å²) >= 11 is 5.93. The van der Waals surface area contributed by atoms with E-state index >= 15 is 0 Å². The summed E-state index contributed by atoms with van der Waals surface area (Å²) in [5.41, 5.74) is 1.38. The van der Waals surface area contributed by atoms with Crippen LogP contribution in [0.25, 0.3) is 0 Å². The lowest BCUT2D eigenvalue weighted by molar-refractivity contribution is -0.140. The molecule has 7 heteroatoms. The largest absolute Gasteiger partial charge is 0.497 e. The van der Waals surface area contributed by atoms with Crippen LogP contribution >= 0.6 is 11.6 Å². The van der Waals surface area contributed by atoms with E-state index in [2.05, 4.69) is 5.32 Å². The molecule has 0 heterocycles. The van der Waals surface area contributed by atoms with Crippen molar-refractivity contribution >= 4 is 23.4 Å².